The lowest BCUT2D eigenvalue weighted by Gasteiger charge is -2.06. The topological polar surface area (TPSA) is 59.8 Å². The van der Waals surface area contributed by atoms with Gasteiger partial charge in [0.15, 0.2) is 0 Å². The van der Waals surface area contributed by atoms with Crippen molar-refractivity contribution < 1.29 is 4.39 Å². The van der Waals surface area contributed by atoms with Crippen molar-refractivity contribution in [3.05, 3.63) is 52.5 Å². The minimum Gasteiger partial charge on any atom is -0.384 e. The van der Waals surface area contributed by atoms with Crippen molar-refractivity contribution in [3.8, 4) is 0 Å². The van der Waals surface area contributed by atoms with Gasteiger partial charge in [-0.1, -0.05) is 0 Å². The first-order valence-corrected chi connectivity index (χ1v) is 5.59. The zero-order chi connectivity index (χ0) is 13.0. The molecule has 0 aliphatic rings. The van der Waals surface area contributed by atoms with Crippen molar-refractivity contribution in [2.45, 2.75) is 13.5 Å². The molecule has 0 radical (unpaired) electrons. The van der Waals surface area contributed by atoms with E-state index in [0.717, 1.165) is 12.7 Å². The number of hydrogen-bond acceptors (Lipinski definition) is 4. The molecule has 2 heterocycles. The van der Waals surface area contributed by atoms with Gasteiger partial charge in [0.2, 0.25) is 0 Å². The van der Waals surface area contributed by atoms with Crippen LogP contribution in [0.15, 0.2) is 35.5 Å². The van der Waals surface area contributed by atoms with Crippen molar-refractivity contribution in [3.63, 3.8) is 0 Å². The fourth-order valence-corrected chi connectivity index (χ4v) is 1.57. The zero-order valence-corrected chi connectivity index (χ0v) is 9.93. The Morgan fingerprint density at radius 3 is 2.83 bits per heavy atom. The van der Waals surface area contributed by atoms with Crippen molar-refractivity contribution in [1.29, 1.82) is 0 Å². The van der Waals surface area contributed by atoms with Gasteiger partial charge in [0.25, 0.3) is 5.56 Å². The van der Waals surface area contributed by atoms with Crippen LogP contribution in [0.2, 0.25) is 0 Å². The summed E-state index contributed by atoms with van der Waals surface area (Å²) in [6.45, 7) is 2.86. The molecule has 2 aromatic rings. The molecule has 94 valence electrons. The van der Waals surface area contributed by atoms with Gasteiger partial charge >= 0.3 is 0 Å². The minimum absolute atomic E-state index is 0.204. The fraction of sp³-hybridized carbons (Fsp3) is 0.250. The molecule has 0 amide bonds. The fourth-order valence-electron chi connectivity index (χ4n) is 1.57. The summed E-state index contributed by atoms with van der Waals surface area (Å²) in [4.78, 5) is 15.5. The van der Waals surface area contributed by atoms with Gasteiger partial charge < -0.3 is 5.32 Å². The number of halogens is 1. The highest BCUT2D eigenvalue weighted by Crippen LogP contribution is 2.03. The Morgan fingerprint density at radius 2 is 2.17 bits per heavy atom. The van der Waals surface area contributed by atoms with Crippen LogP contribution in [0.5, 0.6) is 0 Å². The summed E-state index contributed by atoms with van der Waals surface area (Å²) in [5, 5.41) is 7.01. The third kappa shape index (κ3) is 2.91. The molecule has 0 fully saturated rings. The molecule has 0 saturated carbocycles. The molecule has 6 heteroatoms. The van der Waals surface area contributed by atoms with Crippen LogP contribution in [-0.2, 0) is 6.54 Å². The third-order valence-corrected chi connectivity index (χ3v) is 2.34. The van der Waals surface area contributed by atoms with Gasteiger partial charge in [0.05, 0.1) is 24.6 Å². The van der Waals surface area contributed by atoms with E-state index in [1.807, 2.05) is 6.92 Å². The SMILES string of the molecule is CCNc1cnn(Cc2cncc(F)c2)c(=O)c1. The van der Waals surface area contributed by atoms with Crippen LogP contribution in [0.3, 0.4) is 0 Å². The zero-order valence-electron chi connectivity index (χ0n) is 9.93. The number of pyridine rings is 1. The maximum atomic E-state index is 13.0. The molecule has 0 bridgehead atoms. The maximum Gasteiger partial charge on any atom is 0.269 e. The predicted octanol–water partition coefficient (Wildman–Crippen LogP) is 1.26. The van der Waals surface area contributed by atoms with E-state index in [1.165, 1.54) is 23.0 Å². The number of hydrogen-bond donors (Lipinski definition) is 1. The van der Waals surface area contributed by atoms with E-state index >= 15 is 0 Å². The molecule has 0 aliphatic carbocycles. The highest BCUT2D eigenvalue weighted by atomic mass is 19.1. The summed E-state index contributed by atoms with van der Waals surface area (Å²) in [5.74, 6) is -0.426. The van der Waals surface area contributed by atoms with Crippen molar-refractivity contribution >= 4 is 5.69 Å². The smallest absolute Gasteiger partial charge is 0.269 e. The average Bonchev–Trinajstić information content (AvgIpc) is 2.33. The molecule has 0 aliphatic heterocycles. The second kappa shape index (κ2) is 5.39. The van der Waals surface area contributed by atoms with Crippen LogP contribution in [0.25, 0.3) is 0 Å². The van der Waals surface area contributed by atoms with Gasteiger partial charge in [-0.25, -0.2) is 9.07 Å². The molecule has 0 atom stereocenters. The summed E-state index contributed by atoms with van der Waals surface area (Å²) in [6, 6.07) is 2.79. The Balaban J connectivity index is 2.22. The van der Waals surface area contributed by atoms with Crippen LogP contribution in [0.4, 0.5) is 10.1 Å². The lowest BCUT2D eigenvalue weighted by atomic mass is 10.3. The highest BCUT2D eigenvalue weighted by Gasteiger charge is 2.02. The quantitative estimate of drug-likeness (QED) is 0.884. The standard InChI is InChI=1S/C12H13FN4O/c1-2-15-11-4-12(18)17(16-7-11)8-9-3-10(13)6-14-5-9/h3-7,15H,2,8H2,1H3. The van der Waals surface area contributed by atoms with E-state index in [4.69, 9.17) is 0 Å². The monoisotopic (exact) mass is 248 g/mol. The van der Waals surface area contributed by atoms with E-state index in [0.29, 0.717) is 11.3 Å². The van der Waals surface area contributed by atoms with E-state index in [1.54, 1.807) is 6.20 Å². The third-order valence-electron chi connectivity index (χ3n) is 2.34. The van der Waals surface area contributed by atoms with E-state index in [2.05, 4.69) is 15.4 Å². The molecule has 0 unspecified atom stereocenters. The van der Waals surface area contributed by atoms with Gasteiger partial charge in [-0.05, 0) is 18.6 Å². The second-order valence-electron chi connectivity index (χ2n) is 3.78. The van der Waals surface area contributed by atoms with Crippen LogP contribution in [0.1, 0.15) is 12.5 Å². The van der Waals surface area contributed by atoms with Crippen LogP contribution < -0.4 is 10.9 Å². The number of nitrogens with zero attached hydrogens (tertiary/aromatic N) is 3. The van der Waals surface area contributed by atoms with Crippen molar-refractivity contribution in [2.24, 2.45) is 0 Å². The Labute approximate surface area is 103 Å². The van der Waals surface area contributed by atoms with Gasteiger partial charge in [0, 0.05) is 18.8 Å². The summed E-state index contributed by atoms with van der Waals surface area (Å²) < 4.78 is 14.2. The van der Waals surface area contributed by atoms with E-state index < -0.39 is 5.82 Å². The Hall–Kier alpha value is -2.24. The molecular formula is C12H13FN4O. The Morgan fingerprint density at radius 1 is 1.33 bits per heavy atom. The highest BCUT2D eigenvalue weighted by molar-refractivity contribution is 5.38. The number of anilines is 1. The summed E-state index contributed by atoms with van der Waals surface area (Å²) >= 11 is 0. The second-order valence-corrected chi connectivity index (χ2v) is 3.78. The van der Waals surface area contributed by atoms with E-state index in [9.17, 15) is 9.18 Å². The summed E-state index contributed by atoms with van der Waals surface area (Å²) in [7, 11) is 0. The predicted molar refractivity (Wildman–Crippen MR) is 66.0 cm³/mol. The Kier molecular flexibility index (Phi) is 3.66. The van der Waals surface area contributed by atoms with Crippen LogP contribution in [-0.4, -0.2) is 21.3 Å². The molecular weight excluding hydrogens is 235 g/mol. The largest absolute Gasteiger partial charge is 0.384 e. The van der Waals surface area contributed by atoms with Crippen molar-refractivity contribution in [2.75, 3.05) is 11.9 Å². The first kappa shape index (κ1) is 12.2. The van der Waals surface area contributed by atoms with Gasteiger partial charge in [-0.3, -0.25) is 9.78 Å². The van der Waals surface area contributed by atoms with Gasteiger partial charge in [0.1, 0.15) is 5.82 Å². The molecule has 1 N–H and O–H groups in total. The van der Waals surface area contributed by atoms with Crippen molar-refractivity contribution in [1.82, 2.24) is 14.8 Å². The van der Waals surface area contributed by atoms with Crippen LogP contribution >= 0.6 is 0 Å². The molecule has 0 aromatic carbocycles. The summed E-state index contributed by atoms with van der Waals surface area (Å²) in [5.41, 5.74) is 1.04. The number of aromatic nitrogens is 3. The minimum atomic E-state index is -0.426. The molecule has 2 aromatic heterocycles. The van der Waals surface area contributed by atoms with Crippen LogP contribution in [0, 0.1) is 5.82 Å². The average molecular weight is 248 g/mol. The molecule has 18 heavy (non-hydrogen) atoms. The molecule has 5 nitrogen and oxygen atoms in total. The number of rotatable bonds is 4. The van der Waals surface area contributed by atoms with E-state index in [-0.39, 0.29) is 12.1 Å². The Bertz CT molecular complexity index is 597. The normalized spacial score (nSPS) is 10.3. The lowest BCUT2D eigenvalue weighted by Crippen LogP contribution is -2.23. The first-order valence-electron chi connectivity index (χ1n) is 5.59. The number of nitrogens with one attached hydrogen (secondary N) is 1. The first-order chi connectivity index (χ1) is 8.69. The molecule has 0 saturated heterocycles. The molecule has 0 spiro atoms. The molecule has 2 rings (SSSR count). The maximum absolute atomic E-state index is 13.0. The van der Waals surface area contributed by atoms with Gasteiger partial charge in [-0.15, -0.1) is 0 Å². The lowest BCUT2D eigenvalue weighted by molar-refractivity contribution is 0.603. The van der Waals surface area contributed by atoms with Gasteiger partial charge in [-0.2, -0.15) is 5.10 Å². The summed E-state index contributed by atoms with van der Waals surface area (Å²) in [6.07, 6.45) is 4.20.